The second-order valence-corrected chi connectivity index (χ2v) is 10.1. The normalized spacial score (nSPS) is 11.7. The van der Waals surface area contributed by atoms with Gasteiger partial charge in [0.25, 0.3) is 11.1 Å². The lowest BCUT2D eigenvalue weighted by Crippen LogP contribution is -2.23. The van der Waals surface area contributed by atoms with Crippen LogP contribution < -0.4 is 20.6 Å². The Balaban J connectivity index is 2.04. The summed E-state index contributed by atoms with van der Waals surface area (Å²) < 4.78 is 38.3. The van der Waals surface area contributed by atoms with E-state index in [9.17, 15) is 18.0 Å². The fourth-order valence-corrected chi connectivity index (χ4v) is 5.55. The highest BCUT2D eigenvalue weighted by Gasteiger charge is 2.27. The molecule has 31 heavy (non-hydrogen) atoms. The number of hydrogen-bond acceptors (Lipinski definition) is 6. The van der Waals surface area contributed by atoms with E-state index < -0.39 is 30.7 Å². The van der Waals surface area contributed by atoms with Crippen LogP contribution in [0.3, 0.4) is 0 Å². The summed E-state index contributed by atoms with van der Waals surface area (Å²) in [5.74, 6) is 0.748. The Morgan fingerprint density at radius 2 is 1.13 bits per heavy atom. The van der Waals surface area contributed by atoms with Gasteiger partial charge in [-0.2, -0.15) is 0 Å². The van der Waals surface area contributed by atoms with Crippen LogP contribution in [0.15, 0.2) is 64.7 Å². The van der Waals surface area contributed by atoms with Crippen molar-refractivity contribution in [3.05, 3.63) is 66.1 Å². The number of H-pyrrole nitrogens is 2. The number of ether oxygens (including phenoxy) is 2. The summed E-state index contributed by atoms with van der Waals surface area (Å²) in [6, 6.07) is 9.05. The summed E-state index contributed by atoms with van der Waals surface area (Å²) >= 11 is 6.71. The van der Waals surface area contributed by atoms with Gasteiger partial charge >= 0.3 is 0 Å². The zero-order valence-electron chi connectivity index (χ0n) is 16.1. The average molecular weight is 570 g/mol. The largest absolute Gasteiger partial charge is 0.495 e. The van der Waals surface area contributed by atoms with Crippen molar-refractivity contribution >= 4 is 63.5 Å². The first kappa shape index (κ1) is 21.6. The topological polar surface area (TPSA) is 118 Å². The van der Waals surface area contributed by atoms with Crippen molar-refractivity contribution in [2.45, 2.75) is 9.79 Å². The quantitative estimate of drug-likeness (QED) is 0.386. The summed E-state index contributed by atoms with van der Waals surface area (Å²) in [4.78, 5) is 29.4. The summed E-state index contributed by atoms with van der Waals surface area (Å²) in [7, 11) is -1.59. The van der Waals surface area contributed by atoms with E-state index in [2.05, 4.69) is 41.8 Å². The highest BCUT2D eigenvalue weighted by molar-refractivity contribution is 9.11. The van der Waals surface area contributed by atoms with Crippen molar-refractivity contribution in [3.63, 3.8) is 0 Å². The highest BCUT2D eigenvalue weighted by atomic mass is 79.9. The van der Waals surface area contributed by atoms with Crippen molar-refractivity contribution in [1.82, 2.24) is 9.97 Å². The van der Waals surface area contributed by atoms with Gasteiger partial charge in [0.05, 0.1) is 25.3 Å². The number of benzene rings is 2. The molecule has 4 aromatic rings. The van der Waals surface area contributed by atoms with E-state index in [0.717, 1.165) is 0 Å². The minimum absolute atomic E-state index is 0.334. The van der Waals surface area contributed by atoms with Crippen LogP contribution >= 0.6 is 31.9 Å². The number of hydrogen-bond donors (Lipinski definition) is 2. The van der Waals surface area contributed by atoms with Crippen LogP contribution in [0.4, 0.5) is 0 Å². The summed E-state index contributed by atoms with van der Waals surface area (Å²) in [6.45, 7) is 0. The number of aromatic nitrogens is 2. The van der Waals surface area contributed by atoms with E-state index in [1.54, 1.807) is 24.3 Å². The number of methoxy groups -OCH3 is 2. The van der Waals surface area contributed by atoms with Gasteiger partial charge in [0.1, 0.15) is 21.3 Å². The maximum Gasteiger partial charge on any atom is 0.267 e. The number of fused-ring (bicyclic) bond motifs is 2. The SMILES string of the molecule is COc1ccc(Br)c2cc(S(=O)(=O)c3cc4c(Br)ccc(OC)c4[nH]c3=O)c(=O)[nH]c12. The third kappa shape index (κ3) is 3.46. The zero-order chi connectivity index (χ0) is 22.5. The Labute approximate surface area is 192 Å². The first-order valence-electron chi connectivity index (χ1n) is 8.73. The fraction of sp³-hybridized carbons (Fsp3) is 0.100. The van der Waals surface area contributed by atoms with Crippen LogP contribution in [-0.2, 0) is 9.84 Å². The molecule has 2 aromatic carbocycles. The van der Waals surface area contributed by atoms with Crippen LogP contribution in [0.25, 0.3) is 21.8 Å². The molecule has 8 nitrogen and oxygen atoms in total. The molecule has 0 aliphatic heterocycles. The Hall–Kier alpha value is -2.63. The fourth-order valence-electron chi connectivity index (χ4n) is 3.29. The third-order valence-electron chi connectivity index (χ3n) is 4.80. The highest BCUT2D eigenvalue weighted by Crippen LogP contribution is 2.33. The van der Waals surface area contributed by atoms with Crippen LogP contribution in [0.1, 0.15) is 0 Å². The molecule has 11 heteroatoms. The maximum atomic E-state index is 13.4. The molecule has 160 valence electrons. The molecule has 2 heterocycles. The maximum absolute atomic E-state index is 13.4. The predicted octanol–water partition coefficient (Wildman–Crippen LogP) is 3.74. The molecule has 0 fully saturated rings. The molecular formula is C20H14Br2N2O6S. The van der Waals surface area contributed by atoms with Crippen molar-refractivity contribution < 1.29 is 17.9 Å². The van der Waals surface area contributed by atoms with E-state index >= 15 is 0 Å². The number of sulfone groups is 1. The first-order valence-corrected chi connectivity index (χ1v) is 11.8. The van der Waals surface area contributed by atoms with E-state index in [1.165, 1.54) is 26.4 Å². The van der Waals surface area contributed by atoms with Crippen molar-refractivity contribution in [2.75, 3.05) is 14.2 Å². The molecule has 0 saturated carbocycles. The van der Waals surface area contributed by atoms with E-state index in [0.29, 0.717) is 42.3 Å². The summed E-state index contributed by atoms with van der Waals surface area (Å²) in [6.07, 6.45) is 0. The number of nitrogens with one attached hydrogen (secondary N) is 2. The van der Waals surface area contributed by atoms with Crippen LogP contribution in [0.2, 0.25) is 0 Å². The van der Waals surface area contributed by atoms with Crippen molar-refractivity contribution in [1.29, 1.82) is 0 Å². The van der Waals surface area contributed by atoms with Gasteiger partial charge in [-0.15, -0.1) is 0 Å². The second-order valence-electron chi connectivity index (χ2n) is 6.51. The predicted molar refractivity (Wildman–Crippen MR) is 123 cm³/mol. The summed E-state index contributed by atoms with van der Waals surface area (Å²) in [5, 5.41) is 0.829. The molecule has 0 saturated heterocycles. The van der Waals surface area contributed by atoms with Gasteiger partial charge in [0, 0.05) is 19.7 Å². The zero-order valence-corrected chi connectivity index (χ0v) is 20.1. The first-order chi connectivity index (χ1) is 14.7. The van der Waals surface area contributed by atoms with Gasteiger partial charge in [0.2, 0.25) is 9.84 Å². The Bertz CT molecular complexity index is 1480. The van der Waals surface area contributed by atoms with Gasteiger partial charge in [0.15, 0.2) is 0 Å². The molecule has 0 amide bonds. The second kappa shape index (κ2) is 7.81. The lowest BCUT2D eigenvalue weighted by atomic mass is 10.2. The Morgan fingerprint density at radius 3 is 1.48 bits per heavy atom. The van der Waals surface area contributed by atoms with Gasteiger partial charge in [-0.25, -0.2) is 8.42 Å². The number of pyridine rings is 2. The Morgan fingerprint density at radius 1 is 0.742 bits per heavy atom. The van der Waals surface area contributed by atoms with E-state index in [4.69, 9.17) is 9.47 Å². The number of aromatic amines is 2. The van der Waals surface area contributed by atoms with E-state index in [1.807, 2.05) is 0 Å². The molecule has 0 bridgehead atoms. The molecule has 2 aromatic heterocycles. The smallest absolute Gasteiger partial charge is 0.267 e. The van der Waals surface area contributed by atoms with Gasteiger partial charge in [-0.05, 0) is 36.4 Å². The number of rotatable bonds is 4. The van der Waals surface area contributed by atoms with E-state index in [-0.39, 0.29) is 0 Å². The summed E-state index contributed by atoms with van der Waals surface area (Å²) in [5.41, 5.74) is -1.07. The van der Waals surface area contributed by atoms with Crippen molar-refractivity contribution in [2.24, 2.45) is 0 Å². The molecule has 4 rings (SSSR count). The standard InChI is InChI=1S/C20H14Br2N2O6S/c1-29-13-5-3-11(21)9-7-15(19(25)23-17(9)13)31(27,28)16-8-10-12(22)4-6-14(30-2)18(10)24-20(16)26/h3-8H,1-2H3,(H,23,25)(H,24,26). The molecule has 0 atom stereocenters. The van der Waals surface area contributed by atoms with Gasteiger partial charge in [-0.3, -0.25) is 9.59 Å². The average Bonchev–Trinajstić information content (AvgIpc) is 2.73. The Kier molecular flexibility index (Phi) is 5.44. The monoisotopic (exact) mass is 568 g/mol. The lowest BCUT2D eigenvalue weighted by molar-refractivity contribution is 0.418. The molecule has 0 aliphatic carbocycles. The minimum atomic E-state index is -4.47. The van der Waals surface area contributed by atoms with Gasteiger partial charge < -0.3 is 19.4 Å². The number of halogens is 2. The molecule has 0 aliphatic rings. The minimum Gasteiger partial charge on any atom is -0.495 e. The molecular weight excluding hydrogens is 556 g/mol. The van der Waals surface area contributed by atoms with Crippen LogP contribution in [-0.4, -0.2) is 32.6 Å². The lowest BCUT2D eigenvalue weighted by Gasteiger charge is -2.11. The van der Waals surface area contributed by atoms with Crippen LogP contribution in [0.5, 0.6) is 11.5 Å². The molecule has 0 unspecified atom stereocenters. The third-order valence-corrected chi connectivity index (χ3v) is 7.95. The van der Waals surface area contributed by atoms with Crippen LogP contribution in [0, 0.1) is 0 Å². The van der Waals surface area contributed by atoms with Crippen molar-refractivity contribution in [3.8, 4) is 11.5 Å². The molecule has 2 N–H and O–H groups in total. The van der Waals surface area contributed by atoms with Gasteiger partial charge in [-0.1, -0.05) is 31.9 Å². The molecule has 0 radical (unpaired) electrons. The molecule has 0 spiro atoms.